The Balaban J connectivity index is 1.64. The maximum atomic E-state index is 13.7. The zero-order valence-electron chi connectivity index (χ0n) is 20.4. The minimum absolute atomic E-state index is 0.00139. The number of pyridine rings is 1. The van der Waals surface area contributed by atoms with E-state index in [2.05, 4.69) is 0 Å². The second-order valence-corrected chi connectivity index (χ2v) is 10.2. The third kappa shape index (κ3) is 6.53. The number of ether oxygens (including phenoxy) is 1. The van der Waals surface area contributed by atoms with E-state index in [-0.39, 0.29) is 18.7 Å². The number of halogens is 1. The summed E-state index contributed by atoms with van der Waals surface area (Å²) >= 11 is 0. The average molecular weight is 478 g/mol. The fourth-order valence-corrected chi connectivity index (χ4v) is 4.23. The number of rotatable bonds is 8. The molecule has 184 valence electrons. The van der Waals surface area contributed by atoms with Gasteiger partial charge in [0.1, 0.15) is 11.4 Å². The molecule has 0 radical (unpaired) electrons. The van der Waals surface area contributed by atoms with Gasteiger partial charge in [-0.25, -0.2) is 4.39 Å². The lowest BCUT2D eigenvalue weighted by Gasteiger charge is -2.21. The maximum absolute atomic E-state index is 13.7. The van der Waals surface area contributed by atoms with Crippen LogP contribution in [0, 0.1) is 5.82 Å². The van der Waals surface area contributed by atoms with Gasteiger partial charge in [-0.1, -0.05) is 42.5 Å². The highest BCUT2D eigenvalue weighted by Gasteiger charge is 2.29. The van der Waals surface area contributed by atoms with Gasteiger partial charge in [0.05, 0.1) is 29.8 Å². The van der Waals surface area contributed by atoms with E-state index in [1.807, 2.05) is 30.3 Å². The number of aliphatic hydroxyl groups is 2. The SMILES string of the molecule is CC(C)(C)OC(=O)C[C@H](O)C[C@H](O)C=Cc1c(C2CC2)nc2ccccc2c1-c1ccc(F)cc1. The van der Waals surface area contributed by atoms with Gasteiger partial charge in [-0.15, -0.1) is 0 Å². The molecule has 2 N–H and O–H groups in total. The van der Waals surface area contributed by atoms with Crippen LogP contribution in [0.15, 0.2) is 54.6 Å². The Kier molecular flexibility index (Phi) is 7.33. The number of para-hydroxylation sites is 1. The molecule has 3 aromatic rings. The summed E-state index contributed by atoms with van der Waals surface area (Å²) in [6.07, 6.45) is 3.39. The van der Waals surface area contributed by atoms with Crippen molar-refractivity contribution in [2.75, 3.05) is 0 Å². The van der Waals surface area contributed by atoms with Crippen LogP contribution in [-0.4, -0.2) is 39.0 Å². The summed E-state index contributed by atoms with van der Waals surface area (Å²) in [5.74, 6) is -0.469. The van der Waals surface area contributed by atoms with E-state index in [9.17, 15) is 19.4 Å². The van der Waals surface area contributed by atoms with Gasteiger partial charge in [0.2, 0.25) is 0 Å². The number of carbonyl (C=O) groups is 1. The van der Waals surface area contributed by atoms with E-state index in [0.717, 1.165) is 46.1 Å². The number of esters is 1. The average Bonchev–Trinajstić information content (AvgIpc) is 3.61. The highest BCUT2D eigenvalue weighted by molar-refractivity contribution is 5.99. The minimum atomic E-state index is -1.03. The van der Waals surface area contributed by atoms with Gasteiger partial charge in [0.15, 0.2) is 0 Å². The van der Waals surface area contributed by atoms with E-state index in [1.165, 1.54) is 12.1 Å². The lowest BCUT2D eigenvalue weighted by Crippen LogP contribution is -2.27. The minimum Gasteiger partial charge on any atom is -0.460 e. The molecule has 6 heteroatoms. The molecule has 1 aliphatic carbocycles. The molecule has 0 amide bonds. The lowest BCUT2D eigenvalue weighted by molar-refractivity contribution is -0.157. The van der Waals surface area contributed by atoms with Gasteiger partial charge in [-0.3, -0.25) is 9.78 Å². The fraction of sp³-hybridized carbons (Fsp3) is 0.379. The molecule has 1 aliphatic rings. The molecule has 1 fully saturated rings. The first-order valence-electron chi connectivity index (χ1n) is 12.1. The van der Waals surface area contributed by atoms with E-state index < -0.39 is 23.8 Å². The topological polar surface area (TPSA) is 79.7 Å². The molecule has 0 aliphatic heterocycles. The molecule has 4 rings (SSSR count). The van der Waals surface area contributed by atoms with E-state index in [1.54, 1.807) is 39.0 Å². The van der Waals surface area contributed by atoms with Crippen molar-refractivity contribution in [3.8, 4) is 11.1 Å². The molecule has 2 atom stereocenters. The summed E-state index contributed by atoms with van der Waals surface area (Å²) in [5, 5.41) is 21.9. The number of nitrogens with zero attached hydrogens (tertiary/aromatic N) is 1. The van der Waals surface area contributed by atoms with E-state index in [4.69, 9.17) is 9.72 Å². The first kappa shape index (κ1) is 25.0. The van der Waals surface area contributed by atoms with Crippen molar-refractivity contribution in [1.82, 2.24) is 4.98 Å². The van der Waals surface area contributed by atoms with Crippen LogP contribution in [0.1, 0.15) is 63.6 Å². The number of benzene rings is 2. The van der Waals surface area contributed by atoms with Crippen molar-refractivity contribution >= 4 is 22.9 Å². The van der Waals surface area contributed by atoms with Crippen LogP contribution in [0.4, 0.5) is 4.39 Å². The Morgan fingerprint density at radius 1 is 1.14 bits per heavy atom. The molecule has 5 nitrogen and oxygen atoms in total. The van der Waals surface area contributed by atoms with Gasteiger partial charge < -0.3 is 14.9 Å². The predicted molar refractivity (Wildman–Crippen MR) is 135 cm³/mol. The predicted octanol–water partition coefficient (Wildman–Crippen LogP) is 5.78. The Morgan fingerprint density at radius 3 is 2.49 bits per heavy atom. The Hall–Kier alpha value is -3.09. The number of hydrogen-bond acceptors (Lipinski definition) is 5. The van der Waals surface area contributed by atoms with Crippen LogP contribution in [0.3, 0.4) is 0 Å². The zero-order chi connectivity index (χ0) is 25.2. The quantitative estimate of drug-likeness (QED) is 0.402. The third-order valence-electron chi connectivity index (χ3n) is 5.88. The monoisotopic (exact) mass is 477 g/mol. The summed E-state index contributed by atoms with van der Waals surface area (Å²) in [5.41, 5.74) is 3.90. The van der Waals surface area contributed by atoms with Crippen LogP contribution >= 0.6 is 0 Å². The van der Waals surface area contributed by atoms with Crippen molar-refractivity contribution in [1.29, 1.82) is 0 Å². The Labute approximate surface area is 205 Å². The largest absolute Gasteiger partial charge is 0.460 e. The number of aliphatic hydroxyl groups excluding tert-OH is 2. The molecule has 0 spiro atoms. The van der Waals surface area contributed by atoms with Gasteiger partial charge in [-0.2, -0.15) is 0 Å². The lowest BCUT2D eigenvalue weighted by atomic mass is 9.92. The highest BCUT2D eigenvalue weighted by Crippen LogP contribution is 2.45. The van der Waals surface area contributed by atoms with E-state index >= 15 is 0 Å². The Morgan fingerprint density at radius 2 is 1.83 bits per heavy atom. The molecule has 1 heterocycles. The molecule has 1 saturated carbocycles. The van der Waals surface area contributed by atoms with Crippen molar-refractivity contribution in [3.63, 3.8) is 0 Å². The summed E-state index contributed by atoms with van der Waals surface area (Å²) < 4.78 is 18.9. The van der Waals surface area contributed by atoms with Crippen LogP contribution in [0.2, 0.25) is 0 Å². The second-order valence-electron chi connectivity index (χ2n) is 10.2. The molecule has 0 bridgehead atoms. The molecule has 0 saturated heterocycles. The normalized spacial score (nSPS) is 15.9. The molecule has 1 aromatic heterocycles. The molecule has 2 aromatic carbocycles. The summed E-state index contributed by atoms with van der Waals surface area (Å²) in [6.45, 7) is 5.30. The van der Waals surface area contributed by atoms with Gasteiger partial charge >= 0.3 is 5.97 Å². The number of carbonyl (C=O) groups excluding carboxylic acids is 1. The van der Waals surface area contributed by atoms with Gasteiger partial charge in [0, 0.05) is 28.9 Å². The first-order chi connectivity index (χ1) is 16.6. The molecular weight excluding hydrogens is 445 g/mol. The first-order valence-corrected chi connectivity index (χ1v) is 12.1. The van der Waals surface area contributed by atoms with Crippen molar-refractivity contribution < 1.29 is 24.1 Å². The van der Waals surface area contributed by atoms with Crippen LogP contribution in [0.25, 0.3) is 28.1 Å². The van der Waals surface area contributed by atoms with Crippen molar-refractivity contribution in [3.05, 3.63) is 71.7 Å². The third-order valence-corrected chi connectivity index (χ3v) is 5.88. The molecule has 0 unspecified atom stereocenters. The molecule has 35 heavy (non-hydrogen) atoms. The second kappa shape index (κ2) is 10.3. The number of fused-ring (bicyclic) bond motifs is 1. The zero-order valence-corrected chi connectivity index (χ0v) is 20.4. The van der Waals surface area contributed by atoms with E-state index in [0.29, 0.717) is 5.92 Å². The van der Waals surface area contributed by atoms with Gasteiger partial charge in [0.25, 0.3) is 0 Å². The number of hydrogen-bond donors (Lipinski definition) is 2. The smallest absolute Gasteiger partial charge is 0.308 e. The maximum Gasteiger partial charge on any atom is 0.308 e. The fourth-order valence-electron chi connectivity index (χ4n) is 4.23. The standard InChI is InChI=1S/C29H32FNO4/c1-29(2,3)35-26(34)17-22(33)16-21(32)14-15-24-27(18-10-12-20(30)13-11-18)23-6-4-5-7-25(23)31-28(24)19-8-9-19/h4-7,10-15,19,21-22,32-33H,8-9,16-17H2,1-3H3/t21-,22-/m1/s1. The van der Waals surface area contributed by atoms with Gasteiger partial charge in [-0.05, 0) is 57.4 Å². The highest BCUT2D eigenvalue weighted by atomic mass is 19.1. The number of aromatic nitrogens is 1. The van der Waals surface area contributed by atoms with Crippen LogP contribution in [0.5, 0.6) is 0 Å². The summed E-state index contributed by atoms with van der Waals surface area (Å²) in [7, 11) is 0. The van der Waals surface area contributed by atoms with Crippen molar-refractivity contribution in [2.45, 2.75) is 70.2 Å². The van der Waals surface area contributed by atoms with Crippen molar-refractivity contribution in [2.24, 2.45) is 0 Å². The molecular formula is C29H32FNO4. The summed E-state index contributed by atoms with van der Waals surface area (Å²) in [6, 6.07) is 14.3. The summed E-state index contributed by atoms with van der Waals surface area (Å²) in [4.78, 5) is 16.9. The van der Waals surface area contributed by atoms with Crippen LogP contribution in [-0.2, 0) is 9.53 Å². The Bertz CT molecular complexity index is 1230. The van der Waals surface area contributed by atoms with Crippen LogP contribution < -0.4 is 0 Å².